The maximum absolute atomic E-state index is 5.58. The van der Waals surface area contributed by atoms with E-state index in [1.165, 1.54) is 5.56 Å². The third-order valence-electron chi connectivity index (χ3n) is 2.54. The second kappa shape index (κ2) is 7.22. The fourth-order valence-corrected chi connectivity index (χ4v) is 2.22. The molecule has 0 fully saturated rings. The maximum atomic E-state index is 5.58. The molecule has 0 aliphatic heterocycles. The molecule has 0 bridgehead atoms. The van der Waals surface area contributed by atoms with E-state index in [4.69, 9.17) is 9.15 Å². The highest BCUT2D eigenvalue weighted by Gasteiger charge is 2.11. The number of hydrogen-bond donors (Lipinski definition) is 1. The van der Waals surface area contributed by atoms with E-state index in [1.54, 1.807) is 18.4 Å². The summed E-state index contributed by atoms with van der Waals surface area (Å²) in [5.41, 5.74) is 1.24. The summed E-state index contributed by atoms with van der Waals surface area (Å²) in [6.07, 6.45) is 0. The van der Waals surface area contributed by atoms with Gasteiger partial charge in [0.1, 0.15) is 0 Å². The summed E-state index contributed by atoms with van der Waals surface area (Å²) in [7, 11) is 3.61. The lowest BCUT2D eigenvalue weighted by Gasteiger charge is -2.12. The number of methoxy groups -OCH3 is 1. The second-order valence-corrected chi connectivity index (χ2v) is 4.92. The molecule has 2 rings (SSSR count). The van der Waals surface area contributed by atoms with Crippen molar-refractivity contribution in [3.8, 4) is 0 Å². The highest BCUT2D eigenvalue weighted by atomic mass is 32.1. The first-order valence-corrected chi connectivity index (χ1v) is 6.98. The van der Waals surface area contributed by atoms with Crippen LogP contribution in [0, 0.1) is 0 Å². The monoisotopic (exact) mass is 282 g/mol. The number of thiophene rings is 1. The number of aromatic nitrogens is 2. The van der Waals surface area contributed by atoms with Crippen LogP contribution >= 0.6 is 11.3 Å². The first-order chi connectivity index (χ1) is 9.29. The van der Waals surface area contributed by atoms with Gasteiger partial charge in [-0.05, 0) is 22.4 Å². The molecule has 2 aromatic heterocycles. The highest BCUT2D eigenvalue weighted by molar-refractivity contribution is 7.07. The van der Waals surface area contributed by atoms with Gasteiger partial charge in [0.15, 0.2) is 0 Å². The summed E-state index contributed by atoms with van der Waals surface area (Å²) in [5, 5.41) is 15.4. The van der Waals surface area contributed by atoms with Gasteiger partial charge >= 0.3 is 6.01 Å². The van der Waals surface area contributed by atoms with Crippen LogP contribution in [0.1, 0.15) is 11.5 Å². The molecule has 0 saturated carbocycles. The van der Waals surface area contributed by atoms with E-state index in [0.29, 0.717) is 25.1 Å². The molecule has 2 heterocycles. The summed E-state index contributed by atoms with van der Waals surface area (Å²) < 4.78 is 10.5. The van der Waals surface area contributed by atoms with Crippen LogP contribution in [0.2, 0.25) is 0 Å². The van der Waals surface area contributed by atoms with Crippen LogP contribution in [0.5, 0.6) is 0 Å². The molecule has 0 unspecified atom stereocenters. The highest BCUT2D eigenvalue weighted by Crippen LogP contribution is 2.15. The van der Waals surface area contributed by atoms with Crippen LogP contribution in [0.15, 0.2) is 21.2 Å². The van der Waals surface area contributed by atoms with Crippen LogP contribution in [0.4, 0.5) is 6.01 Å². The van der Waals surface area contributed by atoms with E-state index in [-0.39, 0.29) is 0 Å². The van der Waals surface area contributed by atoms with Gasteiger partial charge in [0, 0.05) is 27.2 Å². The smallest absolute Gasteiger partial charge is 0.318 e. The zero-order valence-electron chi connectivity index (χ0n) is 11.1. The first kappa shape index (κ1) is 14.0. The van der Waals surface area contributed by atoms with E-state index < -0.39 is 0 Å². The zero-order chi connectivity index (χ0) is 13.5. The standard InChI is InChI=1S/C12H18N4O2S/c1-16(8-10-3-6-19-9-10)12-15-14-11(18-12)7-13-4-5-17-2/h3,6,9,13H,4-5,7-8H2,1-2H3. The number of nitrogens with zero attached hydrogens (tertiary/aromatic N) is 3. The van der Waals surface area contributed by atoms with E-state index >= 15 is 0 Å². The number of hydrogen-bond acceptors (Lipinski definition) is 7. The van der Waals surface area contributed by atoms with Crippen molar-refractivity contribution in [3.05, 3.63) is 28.3 Å². The number of rotatable bonds is 8. The Bertz CT molecular complexity index is 472. The zero-order valence-corrected chi connectivity index (χ0v) is 11.9. The molecule has 0 radical (unpaired) electrons. The molecule has 1 N–H and O–H groups in total. The Hall–Kier alpha value is -1.44. The van der Waals surface area contributed by atoms with Crippen LogP contribution in [-0.4, -0.2) is 37.5 Å². The largest absolute Gasteiger partial charge is 0.407 e. The van der Waals surface area contributed by atoms with Crippen LogP contribution in [0.3, 0.4) is 0 Å². The van der Waals surface area contributed by atoms with Crippen molar-refractivity contribution in [2.24, 2.45) is 0 Å². The molecule has 6 nitrogen and oxygen atoms in total. The molecule has 0 saturated heterocycles. The van der Waals surface area contributed by atoms with Crippen molar-refractivity contribution in [3.63, 3.8) is 0 Å². The Kier molecular flexibility index (Phi) is 5.31. The van der Waals surface area contributed by atoms with Gasteiger partial charge < -0.3 is 19.4 Å². The predicted molar refractivity (Wildman–Crippen MR) is 74.3 cm³/mol. The fraction of sp³-hybridized carbons (Fsp3) is 0.500. The summed E-state index contributed by atoms with van der Waals surface area (Å²) in [4.78, 5) is 1.94. The van der Waals surface area contributed by atoms with Gasteiger partial charge in [-0.3, -0.25) is 0 Å². The normalized spacial score (nSPS) is 10.8. The average Bonchev–Trinajstić information content (AvgIpc) is 3.05. The molecule has 0 spiro atoms. The second-order valence-electron chi connectivity index (χ2n) is 4.14. The van der Waals surface area contributed by atoms with Crippen molar-refractivity contribution in [2.75, 3.05) is 32.2 Å². The minimum absolute atomic E-state index is 0.537. The quantitative estimate of drug-likeness (QED) is 0.740. The Morgan fingerprint density at radius 3 is 3.11 bits per heavy atom. The molecule has 0 aromatic carbocycles. The minimum Gasteiger partial charge on any atom is -0.407 e. The molecule has 2 aromatic rings. The summed E-state index contributed by atoms with van der Waals surface area (Å²) in [6.45, 7) is 2.75. The Morgan fingerprint density at radius 2 is 2.37 bits per heavy atom. The molecular weight excluding hydrogens is 264 g/mol. The van der Waals surface area contributed by atoms with E-state index in [1.807, 2.05) is 11.9 Å². The van der Waals surface area contributed by atoms with Gasteiger partial charge in [-0.2, -0.15) is 11.3 Å². The Balaban J connectivity index is 1.82. The van der Waals surface area contributed by atoms with Gasteiger partial charge in [-0.1, -0.05) is 5.10 Å². The van der Waals surface area contributed by atoms with Gasteiger partial charge in [0.05, 0.1) is 13.2 Å². The Morgan fingerprint density at radius 1 is 1.47 bits per heavy atom. The van der Waals surface area contributed by atoms with Gasteiger partial charge in [0.25, 0.3) is 0 Å². The molecular formula is C12H18N4O2S. The fourth-order valence-electron chi connectivity index (χ4n) is 1.56. The third kappa shape index (κ3) is 4.30. The molecule has 0 atom stereocenters. The van der Waals surface area contributed by atoms with E-state index in [0.717, 1.165) is 13.1 Å². The van der Waals surface area contributed by atoms with Crippen molar-refractivity contribution < 1.29 is 9.15 Å². The van der Waals surface area contributed by atoms with E-state index in [2.05, 4.69) is 32.3 Å². The van der Waals surface area contributed by atoms with Gasteiger partial charge in [0.2, 0.25) is 5.89 Å². The topological polar surface area (TPSA) is 63.4 Å². The number of nitrogens with one attached hydrogen (secondary N) is 1. The molecule has 7 heteroatoms. The van der Waals surface area contributed by atoms with Crippen molar-refractivity contribution >= 4 is 17.4 Å². The number of ether oxygens (including phenoxy) is 1. The molecule has 0 amide bonds. The summed E-state index contributed by atoms with van der Waals surface area (Å²) >= 11 is 1.68. The maximum Gasteiger partial charge on any atom is 0.318 e. The summed E-state index contributed by atoms with van der Waals surface area (Å²) in [6, 6.07) is 2.62. The molecule has 0 aliphatic rings. The van der Waals surface area contributed by atoms with Crippen LogP contribution < -0.4 is 10.2 Å². The minimum atomic E-state index is 0.537. The summed E-state index contributed by atoms with van der Waals surface area (Å²) in [5.74, 6) is 0.586. The Labute approximate surface area is 116 Å². The predicted octanol–water partition coefficient (Wildman–Crippen LogP) is 1.50. The molecule has 0 aliphatic carbocycles. The third-order valence-corrected chi connectivity index (χ3v) is 3.27. The van der Waals surface area contributed by atoms with Gasteiger partial charge in [-0.15, -0.1) is 5.10 Å². The SMILES string of the molecule is COCCNCc1nnc(N(C)Cc2ccsc2)o1. The average molecular weight is 282 g/mol. The molecule has 19 heavy (non-hydrogen) atoms. The lowest BCUT2D eigenvalue weighted by atomic mass is 10.3. The van der Waals surface area contributed by atoms with Crippen molar-refractivity contribution in [1.82, 2.24) is 15.5 Å². The van der Waals surface area contributed by atoms with Crippen LogP contribution in [0.25, 0.3) is 0 Å². The number of anilines is 1. The lowest BCUT2D eigenvalue weighted by Crippen LogP contribution is -2.18. The van der Waals surface area contributed by atoms with E-state index in [9.17, 15) is 0 Å². The molecule has 104 valence electrons. The van der Waals surface area contributed by atoms with Crippen molar-refractivity contribution in [1.29, 1.82) is 0 Å². The first-order valence-electron chi connectivity index (χ1n) is 6.04. The van der Waals surface area contributed by atoms with Crippen LogP contribution in [-0.2, 0) is 17.8 Å². The van der Waals surface area contributed by atoms with Gasteiger partial charge in [-0.25, -0.2) is 0 Å². The van der Waals surface area contributed by atoms with Crippen molar-refractivity contribution in [2.45, 2.75) is 13.1 Å². The lowest BCUT2D eigenvalue weighted by molar-refractivity contribution is 0.198.